The van der Waals surface area contributed by atoms with Gasteiger partial charge in [-0.15, -0.1) is 0 Å². The second-order valence-electron chi connectivity index (χ2n) is 5.45. The van der Waals surface area contributed by atoms with Gasteiger partial charge in [-0.2, -0.15) is 9.40 Å². The van der Waals surface area contributed by atoms with Gasteiger partial charge in [0.1, 0.15) is 6.54 Å². The molecule has 1 amide bonds. The topological polar surface area (TPSA) is 93.5 Å². The first-order valence-corrected chi connectivity index (χ1v) is 9.43. The maximum atomic E-state index is 12.5. The number of anilines is 1. The molecule has 0 atom stereocenters. The van der Waals surface area contributed by atoms with Crippen molar-refractivity contribution in [2.24, 2.45) is 0 Å². The van der Waals surface area contributed by atoms with Crippen LogP contribution in [0.2, 0.25) is 5.02 Å². The normalized spacial score (nSPS) is 15.9. The molecule has 10 heteroatoms. The highest BCUT2D eigenvalue weighted by Gasteiger charge is 2.26. The minimum absolute atomic E-state index is 0.0144. The average molecular weight is 385 g/mol. The minimum Gasteiger partial charge on any atom is -0.379 e. The van der Waals surface area contributed by atoms with E-state index < -0.39 is 10.0 Å². The number of hydrogen-bond donors (Lipinski definition) is 1. The van der Waals surface area contributed by atoms with Crippen LogP contribution in [0.4, 0.5) is 5.69 Å². The highest BCUT2D eigenvalue weighted by Crippen LogP contribution is 2.19. The van der Waals surface area contributed by atoms with Gasteiger partial charge in [0, 0.05) is 25.0 Å². The summed E-state index contributed by atoms with van der Waals surface area (Å²) in [5.41, 5.74) is 0.504. The molecule has 0 unspecified atom stereocenters. The van der Waals surface area contributed by atoms with Crippen LogP contribution >= 0.6 is 11.6 Å². The first-order chi connectivity index (χ1) is 11.9. The molecule has 0 bridgehead atoms. The second kappa shape index (κ2) is 7.52. The monoisotopic (exact) mass is 384 g/mol. The Bertz CT molecular complexity index is 845. The number of morpholine rings is 1. The predicted octanol–water partition coefficient (Wildman–Crippen LogP) is 1.20. The number of carbonyl (C=O) groups excluding carboxylic acids is 1. The maximum Gasteiger partial charge on any atom is 0.246 e. The predicted molar refractivity (Wildman–Crippen MR) is 91.9 cm³/mol. The van der Waals surface area contributed by atoms with Gasteiger partial charge in [-0.3, -0.25) is 9.48 Å². The lowest BCUT2D eigenvalue weighted by molar-refractivity contribution is -0.116. The standard InChI is InChI=1S/C15H17ClN4O4S/c16-12-9-17-19(10-12)11-15(21)18-13-1-3-14(4-2-13)25(22,23)20-5-7-24-8-6-20/h1-4,9-10H,5-8,11H2,(H,18,21). The van der Waals surface area contributed by atoms with Crippen molar-refractivity contribution in [3.8, 4) is 0 Å². The van der Waals surface area contributed by atoms with Crippen molar-refractivity contribution in [3.05, 3.63) is 41.7 Å². The van der Waals surface area contributed by atoms with Crippen LogP contribution < -0.4 is 5.32 Å². The van der Waals surface area contributed by atoms with E-state index in [4.69, 9.17) is 16.3 Å². The third-order valence-corrected chi connectivity index (χ3v) is 5.76. The first-order valence-electron chi connectivity index (χ1n) is 7.61. The van der Waals surface area contributed by atoms with Gasteiger partial charge < -0.3 is 10.1 Å². The molecule has 0 saturated carbocycles. The van der Waals surface area contributed by atoms with Crippen molar-refractivity contribution in [2.45, 2.75) is 11.4 Å². The average Bonchev–Trinajstić information content (AvgIpc) is 3.01. The molecular formula is C15H17ClN4O4S. The molecule has 2 heterocycles. The summed E-state index contributed by atoms with van der Waals surface area (Å²) < 4.78 is 33.0. The lowest BCUT2D eigenvalue weighted by atomic mass is 10.3. The van der Waals surface area contributed by atoms with E-state index >= 15 is 0 Å². The number of hydrogen-bond acceptors (Lipinski definition) is 5. The number of halogens is 1. The Labute approximate surface area is 150 Å². The lowest BCUT2D eigenvalue weighted by Crippen LogP contribution is -2.40. The third kappa shape index (κ3) is 4.37. The fourth-order valence-electron chi connectivity index (χ4n) is 2.42. The molecular weight excluding hydrogens is 368 g/mol. The molecule has 25 heavy (non-hydrogen) atoms. The van der Waals surface area contributed by atoms with E-state index in [1.807, 2.05) is 0 Å². The van der Waals surface area contributed by atoms with Crippen LogP contribution in [0.15, 0.2) is 41.6 Å². The Morgan fingerprint density at radius 1 is 1.24 bits per heavy atom. The fraction of sp³-hybridized carbons (Fsp3) is 0.333. The Morgan fingerprint density at radius 2 is 1.92 bits per heavy atom. The number of benzene rings is 1. The van der Waals surface area contributed by atoms with Crippen LogP contribution in [0, 0.1) is 0 Å². The molecule has 1 aliphatic heterocycles. The molecule has 1 N–H and O–H groups in total. The van der Waals surface area contributed by atoms with E-state index in [1.54, 1.807) is 18.3 Å². The van der Waals surface area contributed by atoms with Gasteiger partial charge in [0.25, 0.3) is 0 Å². The van der Waals surface area contributed by atoms with E-state index in [-0.39, 0.29) is 17.3 Å². The van der Waals surface area contributed by atoms with Crippen molar-refractivity contribution in [2.75, 3.05) is 31.6 Å². The lowest BCUT2D eigenvalue weighted by Gasteiger charge is -2.26. The van der Waals surface area contributed by atoms with E-state index in [0.29, 0.717) is 37.0 Å². The number of ether oxygens (including phenoxy) is 1. The van der Waals surface area contributed by atoms with Crippen LogP contribution in [0.3, 0.4) is 0 Å². The zero-order chi connectivity index (χ0) is 17.9. The van der Waals surface area contributed by atoms with E-state index in [1.165, 1.54) is 27.3 Å². The van der Waals surface area contributed by atoms with Gasteiger partial charge in [0.15, 0.2) is 0 Å². The summed E-state index contributed by atoms with van der Waals surface area (Å²) in [5.74, 6) is -0.288. The molecule has 8 nitrogen and oxygen atoms in total. The van der Waals surface area contributed by atoms with E-state index in [2.05, 4.69) is 10.4 Å². The summed E-state index contributed by atoms with van der Waals surface area (Å²) in [6.45, 7) is 1.48. The van der Waals surface area contributed by atoms with Crippen molar-refractivity contribution < 1.29 is 17.9 Å². The summed E-state index contributed by atoms with van der Waals surface area (Å²) in [7, 11) is -3.54. The van der Waals surface area contributed by atoms with Crippen LogP contribution in [0.5, 0.6) is 0 Å². The van der Waals surface area contributed by atoms with Gasteiger partial charge in [0.2, 0.25) is 15.9 Å². The Hall–Kier alpha value is -1.94. The molecule has 0 aliphatic carbocycles. The Balaban J connectivity index is 1.64. The molecule has 0 spiro atoms. The number of nitrogens with zero attached hydrogens (tertiary/aromatic N) is 3. The van der Waals surface area contributed by atoms with Crippen molar-refractivity contribution in [3.63, 3.8) is 0 Å². The minimum atomic E-state index is -3.54. The summed E-state index contributed by atoms with van der Waals surface area (Å²) in [6, 6.07) is 6.07. The third-order valence-electron chi connectivity index (χ3n) is 3.65. The van der Waals surface area contributed by atoms with Crippen LogP contribution in [-0.2, 0) is 26.1 Å². The van der Waals surface area contributed by atoms with Gasteiger partial charge in [-0.05, 0) is 24.3 Å². The molecule has 1 aromatic carbocycles. The highest BCUT2D eigenvalue weighted by atomic mass is 35.5. The largest absolute Gasteiger partial charge is 0.379 e. The Kier molecular flexibility index (Phi) is 5.38. The number of nitrogens with one attached hydrogen (secondary N) is 1. The Morgan fingerprint density at radius 3 is 2.52 bits per heavy atom. The summed E-state index contributed by atoms with van der Waals surface area (Å²) >= 11 is 5.74. The summed E-state index contributed by atoms with van der Waals surface area (Å²) in [4.78, 5) is 12.2. The number of sulfonamides is 1. The fourth-order valence-corrected chi connectivity index (χ4v) is 3.98. The molecule has 3 rings (SSSR count). The first kappa shape index (κ1) is 17.9. The summed E-state index contributed by atoms with van der Waals surface area (Å²) in [6.07, 6.45) is 2.99. The maximum absolute atomic E-state index is 12.5. The molecule has 1 aromatic heterocycles. The van der Waals surface area contributed by atoms with E-state index in [0.717, 1.165) is 0 Å². The zero-order valence-corrected chi connectivity index (χ0v) is 14.8. The molecule has 134 valence electrons. The smallest absolute Gasteiger partial charge is 0.246 e. The number of rotatable bonds is 5. The second-order valence-corrected chi connectivity index (χ2v) is 7.82. The zero-order valence-electron chi connectivity index (χ0n) is 13.3. The van der Waals surface area contributed by atoms with Gasteiger partial charge in [-0.1, -0.05) is 11.6 Å². The van der Waals surface area contributed by atoms with Crippen LogP contribution in [-0.4, -0.2) is 54.7 Å². The molecule has 0 radical (unpaired) electrons. The molecule has 1 saturated heterocycles. The van der Waals surface area contributed by atoms with Gasteiger partial charge >= 0.3 is 0 Å². The highest BCUT2D eigenvalue weighted by molar-refractivity contribution is 7.89. The number of amides is 1. The molecule has 2 aromatic rings. The van der Waals surface area contributed by atoms with Gasteiger partial charge in [-0.25, -0.2) is 8.42 Å². The molecule has 1 aliphatic rings. The van der Waals surface area contributed by atoms with Crippen molar-refractivity contribution in [1.82, 2.24) is 14.1 Å². The molecule has 1 fully saturated rings. The number of carbonyl (C=O) groups is 1. The quantitative estimate of drug-likeness (QED) is 0.835. The number of aromatic nitrogens is 2. The van der Waals surface area contributed by atoms with Crippen molar-refractivity contribution in [1.29, 1.82) is 0 Å². The van der Waals surface area contributed by atoms with Crippen LogP contribution in [0.1, 0.15) is 0 Å². The van der Waals surface area contributed by atoms with E-state index in [9.17, 15) is 13.2 Å². The summed E-state index contributed by atoms with van der Waals surface area (Å²) in [5, 5.41) is 7.06. The van der Waals surface area contributed by atoms with Gasteiger partial charge in [0.05, 0.1) is 29.3 Å². The van der Waals surface area contributed by atoms with Crippen molar-refractivity contribution >= 4 is 33.2 Å². The SMILES string of the molecule is O=C(Cn1cc(Cl)cn1)Nc1ccc(S(=O)(=O)N2CCOCC2)cc1. The van der Waals surface area contributed by atoms with Crippen LogP contribution in [0.25, 0.3) is 0 Å².